The van der Waals surface area contributed by atoms with Gasteiger partial charge in [-0.15, -0.1) is 6.42 Å². The molecule has 0 saturated heterocycles. The predicted octanol–water partition coefficient (Wildman–Crippen LogP) is 5.58. The Hall–Kier alpha value is -3.01. The van der Waals surface area contributed by atoms with E-state index in [0.29, 0.717) is 24.1 Å². The van der Waals surface area contributed by atoms with Gasteiger partial charge in [0.2, 0.25) is 11.8 Å². The van der Waals surface area contributed by atoms with Crippen LogP contribution in [0.1, 0.15) is 105 Å². The summed E-state index contributed by atoms with van der Waals surface area (Å²) in [6.45, 7) is 17.5. The third-order valence-corrected chi connectivity index (χ3v) is 6.09. The molecule has 1 aromatic rings. The number of carbonyl (C=O) groups is 3. The topological polar surface area (TPSA) is 87.7 Å². The molecule has 0 heterocycles. The van der Waals surface area contributed by atoms with Crippen LogP contribution in [-0.2, 0) is 14.3 Å². The zero-order valence-electron chi connectivity index (χ0n) is 24.2. The fraction of sp³-hybridized carbons (Fsp3) is 0.633. The summed E-state index contributed by atoms with van der Waals surface area (Å²) in [7, 11) is 0. The summed E-state index contributed by atoms with van der Waals surface area (Å²) in [5, 5.41) is 5.81. The van der Waals surface area contributed by atoms with Crippen molar-refractivity contribution >= 4 is 17.9 Å². The number of alkyl carbamates (subject to hydrolysis) is 1. The molecule has 0 bridgehead atoms. The number of terminal acetylenes is 1. The van der Waals surface area contributed by atoms with Crippen LogP contribution in [0.4, 0.5) is 4.79 Å². The Bertz CT molecular complexity index is 936. The van der Waals surface area contributed by atoms with Gasteiger partial charge >= 0.3 is 6.09 Å². The van der Waals surface area contributed by atoms with Gasteiger partial charge in [-0.3, -0.25) is 9.59 Å². The van der Waals surface area contributed by atoms with Gasteiger partial charge in [-0.05, 0) is 71.6 Å². The first-order valence-corrected chi connectivity index (χ1v) is 13.3. The van der Waals surface area contributed by atoms with Gasteiger partial charge in [-0.1, -0.05) is 58.1 Å². The molecule has 1 aromatic carbocycles. The van der Waals surface area contributed by atoms with Crippen molar-refractivity contribution in [1.82, 2.24) is 15.5 Å². The molecule has 0 aliphatic heterocycles. The largest absolute Gasteiger partial charge is 0.444 e. The molecule has 7 nitrogen and oxygen atoms in total. The smallest absolute Gasteiger partial charge is 0.408 e. The van der Waals surface area contributed by atoms with Crippen LogP contribution in [0.25, 0.3) is 0 Å². The monoisotopic (exact) mass is 513 g/mol. The van der Waals surface area contributed by atoms with E-state index in [9.17, 15) is 14.4 Å². The van der Waals surface area contributed by atoms with Gasteiger partial charge < -0.3 is 20.3 Å². The minimum Gasteiger partial charge on any atom is -0.444 e. The maximum Gasteiger partial charge on any atom is 0.408 e. The second-order valence-electron chi connectivity index (χ2n) is 11.6. The van der Waals surface area contributed by atoms with E-state index in [4.69, 9.17) is 11.2 Å². The zero-order valence-corrected chi connectivity index (χ0v) is 24.2. The molecule has 206 valence electrons. The lowest BCUT2D eigenvalue weighted by Crippen LogP contribution is -2.60. The highest BCUT2D eigenvalue weighted by Crippen LogP contribution is 2.31. The quantitative estimate of drug-likeness (QED) is 0.299. The highest BCUT2D eigenvalue weighted by molar-refractivity contribution is 5.92. The maximum absolute atomic E-state index is 14.3. The number of ether oxygens (including phenoxy) is 1. The number of hydrogen-bond donors (Lipinski definition) is 2. The summed E-state index contributed by atoms with van der Waals surface area (Å²) < 4.78 is 5.45. The molecule has 0 spiro atoms. The predicted molar refractivity (Wildman–Crippen MR) is 149 cm³/mol. The van der Waals surface area contributed by atoms with Crippen LogP contribution in [0, 0.1) is 18.3 Å². The Morgan fingerprint density at radius 1 is 1.03 bits per heavy atom. The van der Waals surface area contributed by atoms with Gasteiger partial charge in [0.25, 0.3) is 0 Å². The highest BCUT2D eigenvalue weighted by atomic mass is 16.6. The van der Waals surface area contributed by atoms with E-state index in [1.54, 1.807) is 49.9 Å². The van der Waals surface area contributed by atoms with Gasteiger partial charge in [0.05, 0.1) is 0 Å². The van der Waals surface area contributed by atoms with Crippen LogP contribution in [0.5, 0.6) is 0 Å². The Morgan fingerprint density at radius 3 is 2.08 bits per heavy atom. The number of benzene rings is 1. The van der Waals surface area contributed by atoms with Crippen molar-refractivity contribution in [3.8, 4) is 12.3 Å². The minimum absolute atomic E-state index is 0.193. The van der Waals surface area contributed by atoms with Crippen LogP contribution in [-0.4, -0.2) is 46.5 Å². The van der Waals surface area contributed by atoms with E-state index in [1.807, 2.05) is 34.6 Å². The molecule has 0 radical (unpaired) electrons. The molecule has 1 rings (SSSR count). The molecule has 3 unspecified atom stereocenters. The average molecular weight is 514 g/mol. The normalized spacial score (nSPS) is 14.1. The van der Waals surface area contributed by atoms with Gasteiger partial charge in [0, 0.05) is 17.6 Å². The first kappa shape index (κ1) is 32.0. The summed E-state index contributed by atoms with van der Waals surface area (Å²) in [4.78, 5) is 42.2. The Balaban J connectivity index is 3.54. The molecule has 7 heteroatoms. The molecule has 0 aliphatic carbocycles. The van der Waals surface area contributed by atoms with E-state index in [2.05, 4.69) is 23.5 Å². The minimum atomic E-state index is -0.909. The summed E-state index contributed by atoms with van der Waals surface area (Å²) in [5.74, 6) is 1.78. The summed E-state index contributed by atoms with van der Waals surface area (Å²) in [6, 6.07) is 5.33. The maximum atomic E-state index is 14.3. The zero-order chi connectivity index (χ0) is 28.4. The van der Waals surface area contributed by atoms with Gasteiger partial charge in [0.15, 0.2) is 0 Å². The second kappa shape index (κ2) is 14.1. The van der Waals surface area contributed by atoms with E-state index >= 15 is 0 Å². The molecule has 0 saturated carbocycles. The Morgan fingerprint density at radius 2 is 1.62 bits per heavy atom. The average Bonchev–Trinajstić information content (AvgIpc) is 2.80. The van der Waals surface area contributed by atoms with Gasteiger partial charge in [-0.25, -0.2) is 4.79 Å². The molecular formula is C30H47N3O4. The molecule has 0 aliphatic rings. The number of amides is 3. The fourth-order valence-electron chi connectivity index (χ4n) is 3.98. The second-order valence-corrected chi connectivity index (χ2v) is 11.6. The molecule has 2 N–H and O–H groups in total. The van der Waals surface area contributed by atoms with Crippen molar-refractivity contribution in [2.45, 2.75) is 111 Å². The highest BCUT2D eigenvalue weighted by Gasteiger charge is 2.43. The lowest BCUT2D eigenvalue weighted by molar-refractivity contribution is -0.149. The van der Waals surface area contributed by atoms with Crippen LogP contribution in [0.2, 0.25) is 0 Å². The van der Waals surface area contributed by atoms with Gasteiger partial charge in [-0.2, -0.15) is 0 Å². The number of nitrogens with one attached hydrogen (secondary N) is 2. The van der Waals surface area contributed by atoms with Crippen molar-refractivity contribution in [3.05, 3.63) is 35.4 Å². The standard InChI is InChI=1S/C30H47N3O4/c1-11-14-15-20-31-26(34)25(23-18-16-22(13-3)17-19-23)33(29(5,6)7)27(35)24(21(4)12-2)32-28(36)37-30(8,9)10/h3,16-19,21,24-25H,11-12,14-15,20H2,1-2,4-10H3,(H,31,34)(H,32,36). The molecule has 3 atom stereocenters. The van der Waals surface area contributed by atoms with Gasteiger partial charge in [0.1, 0.15) is 17.7 Å². The van der Waals surface area contributed by atoms with Crippen LogP contribution >= 0.6 is 0 Å². The van der Waals surface area contributed by atoms with Crippen molar-refractivity contribution in [2.75, 3.05) is 6.54 Å². The number of rotatable bonds is 11. The van der Waals surface area contributed by atoms with Crippen molar-refractivity contribution in [2.24, 2.45) is 5.92 Å². The number of hydrogen-bond acceptors (Lipinski definition) is 4. The SMILES string of the molecule is C#Cc1ccc(C(C(=O)NCCCCC)N(C(=O)C(NC(=O)OC(C)(C)C)C(C)CC)C(C)(C)C)cc1. The Labute approximate surface area is 224 Å². The van der Waals surface area contributed by atoms with Crippen molar-refractivity contribution in [3.63, 3.8) is 0 Å². The third-order valence-electron chi connectivity index (χ3n) is 6.09. The van der Waals surface area contributed by atoms with E-state index in [-0.39, 0.29) is 17.7 Å². The summed E-state index contributed by atoms with van der Waals surface area (Å²) in [6.07, 6.45) is 8.40. The molecule has 37 heavy (non-hydrogen) atoms. The van der Waals surface area contributed by atoms with Crippen molar-refractivity contribution in [1.29, 1.82) is 0 Å². The molecule has 0 aromatic heterocycles. The van der Waals surface area contributed by atoms with Crippen LogP contribution in [0.3, 0.4) is 0 Å². The fourth-order valence-corrected chi connectivity index (χ4v) is 3.98. The number of unbranched alkanes of at least 4 members (excludes halogenated alkanes) is 2. The lowest BCUT2D eigenvalue weighted by atomic mass is 9.91. The Kier molecular flexibility index (Phi) is 12.2. The van der Waals surface area contributed by atoms with Crippen LogP contribution < -0.4 is 10.6 Å². The third kappa shape index (κ3) is 10.1. The van der Waals surface area contributed by atoms with E-state index < -0.39 is 29.3 Å². The first-order valence-electron chi connectivity index (χ1n) is 13.3. The number of nitrogens with zero attached hydrogens (tertiary/aromatic N) is 1. The molecular weight excluding hydrogens is 466 g/mol. The summed E-state index contributed by atoms with van der Waals surface area (Å²) in [5.41, 5.74) is -0.121. The lowest BCUT2D eigenvalue weighted by Gasteiger charge is -2.44. The number of carbonyl (C=O) groups excluding carboxylic acids is 3. The van der Waals surface area contributed by atoms with Crippen LogP contribution in [0.15, 0.2) is 24.3 Å². The van der Waals surface area contributed by atoms with Crippen molar-refractivity contribution < 1.29 is 19.1 Å². The van der Waals surface area contributed by atoms with E-state index in [1.165, 1.54) is 0 Å². The first-order chi connectivity index (χ1) is 17.2. The molecule has 3 amide bonds. The molecule has 0 fully saturated rings. The van der Waals surface area contributed by atoms with E-state index in [0.717, 1.165) is 19.3 Å². The summed E-state index contributed by atoms with van der Waals surface area (Å²) >= 11 is 0.